The summed E-state index contributed by atoms with van der Waals surface area (Å²) in [6.07, 6.45) is 7.23. The standard InChI is InChI=1S/C15H21N3O.ClH/c1-10-2-3-14(9-16-10)18-15(19)8-11-6-12-4-5-13(7-11)17-12;/h2-3,9,11-13,17H,4-8H2,1H3,(H,18,19);1H. The number of fused-ring (bicyclic) bond motifs is 2. The van der Waals surface area contributed by atoms with E-state index in [1.54, 1.807) is 6.20 Å². The lowest BCUT2D eigenvalue weighted by atomic mass is 9.89. The van der Waals surface area contributed by atoms with Gasteiger partial charge in [0.15, 0.2) is 0 Å². The van der Waals surface area contributed by atoms with E-state index < -0.39 is 0 Å². The van der Waals surface area contributed by atoms with Gasteiger partial charge in [0.2, 0.25) is 5.91 Å². The summed E-state index contributed by atoms with van der Waals surface area (Å²) in [7, 11) is 0. The molecule has 2 aliphatic rings. The Hall–Kier alpha value is -1.13. The maximum absolute atomic E-state index is 12.0. The quantitative estimate of drug-likeness (QED) is 0.901. The monoisotopic (exact) mass is 295 g/mol. The molecule has 2 aliphatic heterocycles. The van der Waals surface area contributed by atoms with Crippen LogP contribution in [0.1, 0.15) is 37.8 Å². The Morgan fingerprint density at radius 3 is 2.65 bits per heavy atom. The van der Waals surface area contributed by atoms with Gasteiger partial charge in [-0.05, 0) is 50.7 Å². The van der Waals surface area contributed by atoms with Gasteiger partial charge in [-0.2, -0.15) is 0 Å². The Balaban J connectivity index is 0.00000147. The molecule has 20 heavy (non-hydrogen) atoms. The predicted molar refractivity (Wildman–Crippen MR) is 82.1 cm³/mol. The van der Waals surface area contributed by atoms with E-state index in [0.717, 1.165) is 24.2 Å². The maximum Gasteiger partial charge on any atom is 0.224 e. The highest BCUT2D eigenvalue weighted by Crippen LogP contribution is 2.32. The minimum Gasteiger partial charge on any atom is -0.325 e. The number of rotatable bonds is 3. The van der Waals surface area contributed by atoms with Crippen LogP contribution in [0.3, 0.4) is 0 Å². The number of carbonyl (C=O) groups excluding carboxylic acids is 1. The topological polar surface area (TPSA) is 54.0 Å². The van der Waals surface area contributed by atoms with Gasteiger partial charge < -0.3 is 10.6 Å². The third kappa shape index (κ3) is 3.70. The molecular weight excluding hydrogens is 274 g/mol. The minimum atomic E-state index is 0. The first-order valence-electron chi connectivity index (χ1n) is 7.17. The first kappa shape index (κ1) is 15.3. The van der Waals surface area contributed by atoms with Gasteiger partial charge in [-0.3, -0.25) is 9.78 Å². The second-order valence-electron chi connectivity index (χ2n) is 5.92. The van der Waals surface area contributed by atoms with Gasteiger partial charge in [0.25, 0.3) is 0 Å². The Labute approximate surface area is 126 Å². The van der Waals surface area contributed by atoms with E-state index in [-0.39, 0.29) is 18.3 Å². The Kier molecular flexibility index (Phi) is 5.00. The van der Waals surface area contributed by atoms with Crippen LogP contribution < -0.4 is 10.6 Å². The molecule has 2 saturated heterocycles. The Morgan fingerprint density at radius 2 is 2.05 bits per heavy atom. The molecular formula is C15H22ClN3O. The summed E-state index contributed by atoms with van der Waals surface area (Å²) in [5.74, 6) is 0.661. The lowest BCUT2D eigenvalue weighted by Crippen LogP contribution is -2.39. The molecule has 2 atom stereocenters. The second-order valence-corrected chi connectivity index (χ2v) is 5.92. The maximum atomic E-state index is 12.0. The first-order chi connectivity index (χ1) is 9.19. The van der Waals surface area contributed by atoms with E-state index in [0.29, 0.717) is 24.4 Å². The number of hydrogen-bond acceptors (Lipinski definition) is 3. The zero-order chi connectivity index (χ0) is 13.2. The molecule has 1 amide bonds. The normalized spacial score (nSPS) is 27.8. The SMILES string of the molecule is Cc1ccc(NC(=O)CC2CC3CCC(C2)N3)cn1.Cl. The van der Waals surface area contributed by atoms with E-state index in [2.05, 4.69) is 15.6 Å². The van der Waals surface area contributed by atoms with Crippen LogP contribution in [0, 0.1) is 12.8 Å². The molecule has 0 aliphatic carbocycles. The largest absolute Gasteiger partial charge is 0.325 e. The molecule has 3 heterocycles. The molecule has 0 aromatic carbocycles. The van der Waals surface area contributed by atoms with Crippen LogP contribution in [0.5, 0.6) is 0 Å². The molecule has 5 heteroatoms. The third-order valence-electron chi connectivity index (χ3n) is 4.24. The van der Waals surface area contributed by atoms with Gasteiger partial charge in [-0.25, -0.2) is 0 Å². The van der Waals surface area contributed by atoms with Gasteiger partial charge in [-0.15, -0.1) is 12.4 Å². The van der Waals surface area contributed by atoms with Crippen molar-refractivity contribution in [2.75, 3.05) is 5.32 Å². The minimum absolute atomic E-state index is 0. The lowest BCUT2D eigenvalue weighted by Gasteiger charge is -2.28. The number of aromatic nitrogens is 1. The summed E-state index contributed by atoms with van der Waals surface area (Å²) < 4.78 is 0. The summed E-state index contributed by atoms with van der Waals surface area (Å²) >= 11 is 0. The van der Waals surface area contributed by atoms with Crippen molar-refractivity contribution in [1.82, 2.24) is 10.3 Å². The number of aryl methyl sites for hydroxylation is 1. The third-order valence-corrected chi connectivity index (χ3v) is 4.24. The van der Waals surface area contributed by atoms with Gasteiger partial charge in [0.1, 0.15) is 0 Å². The van der Waals surface area contributed by atoms with E-state index in [9.17, 15) is 4.79 Å². The highest BCUT2D eigenvalue weighted by Gasteiger charge is 2.34. The average Bonchev–Trinajstić information content (AvgIpc) is 2.72. The zero-order valence-electron chi connectivity index (χ0n) is 11.8. The van der Waals surface area contributed by atoms with Crippen LogP contribution in [-0.4, -0.2) is 23.0 Å². The fourth-order valence-corrected chi connectivity index (χ4v) is 3.36. The smallest absolute Gasteiger partial charge is 0.224 e. The number of piperidine rings is 1. The molecule has 110 valence electrons. The van der Waals surface area contributed by atoms with Crippen molar-refractivity contribution in [3.8, 4) is 0 Å². The molecule has 0 saturated carbocycles. The van der Waals surface area contributed by atoms with Crippen molar-refractivity contribution < 1.29 is 4.79 Å². The summed E-state index contributed by atoms with van der Waals surface area (Å²) in [6, 6.07) is 5.13. The number of halogens is 1. The number of anilines is 1. The van der Waals surface area contributed by atoms with Crippen molar-refractivity contribution in [2.24, 2.45) is 5.92 Å². The van der Waals surface area contributed by atoms with Gasteiger partial charge in [-0.1, -0.05) is 0 Å². The number of hydrogen-bond donors (Lipinski definition) is 2. The van der Waals surface area contributed by atoms with E-state index >= 15 is 0 Å². The Bertz CT molecular complexity index is 451. The number of nitrogens with one attached hydrogen (secondary N) is 2. The van der Waals surface area contributed by atoms with Crippen LogP contribution in [0.25, 0.3) is 0 Å². The fraction of sp³-hybridized carbons (Fsp3) is 0.600. The van der Waals surface area contributed by atoms with Crippen molar-refractivity contribution in [2.45, 2.75) is 51.1 Å². The molecule has 4 nitrogen and oxygen atoms in total. The van der Waals surface area contributed by atoms with Gasteiger partial charge >= 0.3 is 0 Å². The van der Waals surface area contributed by atoms with Gasteiger partial charge in [0, 0.05) is 24.2 Å². The highest BCUT2D eigenvalue weighted by molar-refractivity contribution is 5.90. The van der Waals surface area contributed by atoms with Crippen LogP contribution in [0.15, 0.2) is 18.3 Å². The number of nitrogens with zero attached hydrogens (tertiary/aromatic N) is 1. The molecule has 2 unspecified atom stereocenters. The summed E-state index contributed by atoms with van der Waals surface area (Å²) in [4.78, 5) is 16.2. The van der Waals surface area contributed by atoms with E-state index in [1.165, 1.54) is 12.8 Å². The van der Waals surface area contributed by atoms with Crippen LogP contribution in [0.2, 0.25) is 0 Å². The molecule has 2 bridgehead atoms. The van der Waals surface area contributed by atoms with Gasteiger partial charge in [0.05, 0.1) is 11.9 Å². The lowest BCUT2D eigenvalue weighted by molar-refractivity contribution is -0.117. The van der Waals surface area contributed by atoms with Crippen LogP contribution in [-0.2, 0) is 4.79 Å². The molecule has 1 aromatic heterocycles. The molecule has 2 N–H and O–H groups in total. The number of pyridine rings is 1. The molecule has 0 radical (unpaired) electrons. The number of carbonyl (C=O) groups is 1. The highest BCUT2D eigenvalue weighted by atomic mass is 35.5. The molecule has 3 rings (SSSR count). The number of amides is 1. The van der Waals surface area contributed by atoms with Crippen molar-refractivity contribution in [1.29, 1.82) is 0 Å². The Morgan fingerprint density at radius 1 is 1.35 bits per heavy atom. The zero-order valence-corrected chi connectivity index (χ0v) is 12.6. The molecule has 1 aromatic rings. The average molecular weight is 296 g/mol. The molecule has 0 spiro atoms. The summed E-state index contributed by atoms with van der Waals surface area (Å²) in [6.45, 7) is 1.94. The van der Waals surface area contributed by atoms with Crippen molar-refractivity contribution in [3.63, 3.8) is 0 Å². The first-order valence-corrected chi connectivity index (χ1v) is 7.17. The van der Waals surface area contributed by atoms with Crippen LogP contribution >= 0.6 is 12.4 Å². The summed E-state index contributed by atoms with van der Waals surface area (Å²) in [5, 5.41) is 6.55. The predicted octanol–water partition coefficient (Wildman–Crippen LogP) is 2.67. The van der Waals surface area contributed by atoms with Crippen molar-refractivity contribution in [3.05, 3.63) is 24.0 Å². The summed E-state index contributed by atoms with van der Waals surface area (Å²) in [5.41, 5.74) is 1.76. The van der Waals surface area contributed by atoms with E-state index in [4.69, 9.17) is 0 Å². The fourth-order valence-electron chi connectivity index (χ4n) is 3.36. The van der Waals surface area contributed by atoms with Crippen molar-refractivity contribution >= 4 is 24.0 Å². The second kappa shape index (κ2) is 6.55. The molecule has 2 fully saturated rings. The van der Waals surface area contributed by atoms with Crippen LogP contribution in [0.4, 0.5) is 5.69 Å². The van der Waals surface area contributed by atoms with E-state index in [1.807, 2.05) is 19.1 Å².